The first-order valence-electron chi connectivity index (χ1n) is 7.48. The molecule has 0 spiro atoms. The summed E-state index contributed by atoms with van der Waals surface area (Å²) in [7, 11) is 2.80. The van der Waals surface area contributed by atoms with Crippen LogP contribution in [0.2, 0.25) is 0 Å². The third kappa shape index (κ3) is 4.42. The van der Waals surface area contributed by atoms with E-state index in [1.807, 2.05) is 6.92 Å². The number of hydrogen-bond donors (Lipinski definition) is 0. The second-order valence-corrected chi connectivity index (χ2v) is 7.48. The van der Waals surface area contributed by atoms with Crippen LogP contribution in [0, 0.1) is 32.1 Å². The molecule has 0 aliphatic heterocycles. The van der Waals surface area contributed by atoms with Crippen LogP contribution in [0.5, 0.6) is 0 Å². The Hall–Kier alpha value is -0.680. The molecule has 0 N–H and O–H groups in total. The van der Waals surface area contributed by atoms with Crippen molar-refractivity contribution in [1.82, 2.24) is 0 Å². The molecule has 112 valence electrons. The van der Waals surface area contributed by atoms with E-state index in [1.54, 1.807) is 0 Å². The summed E-state index contributed by atoms with van der Waals surface area (Å²) < 4.78 is 0. The summed E-state index contributed by atoms with van der Waals surface area (Å²) in [6.07, 6.45) is 2.82. The second-order valence-electron chi connectivity index (χ2n) is 7.01. The van der Waals surface area contributed by atoms with Crippen LogP contribution in [-0.4, -0.2) is 11.9 Å². The minimum Gasteiger partial charge on any atom is -0.294 e. The third-order valence-corrected chi connectivity index (χ3v) is 4.97. The molecule has 1 aromatic carbocycles. The summed E-state index contributed by atoms with van der Waals surface area (Å²) in [5.74, 6) is 0.937. The maximum absolute atomic E-state index is 12.7. The van der Waals surface area contributed by atoms with Crippen molar-refractivity contribution in [2.75, 3.05) is 6.16 Å². The Balaban J connectivity index is 2.94. The van der Waals surface area contributed by atoms with Gasteiger partial charge < -0.3 is 0 Å². The van der Waals surface area contributed by atoms with Gasteiger partial charge in [-0.05, 0) is 61.4 Å². The Morgan fingerprint density at radius 2 is 1.75 bits per heavy atom. The first-order valence-corrected chi connectivity index (χ1v) is 8.29. The number of carbonyl (C=O) groups excluding carboxylic acids is 1. The van der Waals surface area contributed by atoms with E-state index in [1.165, 1.54) is 5.56 Å². The van der Waals surface area contributed by atoms with Crippen molar-refractivity contribution >= 4 is 15.0 Å². The lowest BCUT2D eigenvalue weighted by Gasteiger charge is -2.27. The number of benzene rings is 1. The van der Waals surface area contributed by atoms with Crippen molar-refractivity contribution in [3.8, 4) is 0 Å². The predicted molar refractivity (Wildman–Crippen MR) is 91.7 cm³/mol. The molecule has 2 unspecified atom stereocenters. The fraction of sp³-hybridized carbons (Fsp3) is 0.611. The molecule has 0 aliphatic rings. The first-order chi connectivity index (χ1) is 9.18. The van der Waals surface area contributed by atoms with E-state index < -0.39 is 0 Å². The van der Waals surface area contributed by atoms with E-state index in [2.05, 4.69) is 56.0 Å². The van der Waals surface area contributed by atoms with E-state index in [4.69, 9.17) is 0 Å². The topological polar surface area (TPSA) is 17.1 Å². The highest BCUT2D eigenvalue weighted by atomic mass is 31.0. The largest absolute Gasteiger partial charge is 0.294 e. The molecule has 1 nitrogen and oxygen atoms in total. The number of Topliss-reactive ketones (excluding diaryl/α,β-unsaturated/α-hetero) is 1. The van der Waals surface area contributed by atoms with Gasteiger partial charge >= 0.3 is 0 Å². The Morgan fingerprint density at radius 1 is 1.20 bits per heavy atom. The molecule has 0 aromatic heterocycles. The van der Waals surface area contributed by atoms with Crippen LogP contribution in [0.1, 0.15) is 60.7 Å². The van der Waals surface area contributed by atoms with Gasteiger partial charge in [-0.2, -0.15) is 0 Å². The van der Waals surface area contributed by atoms with E-state index >= 15 is 0 Å². The Labute approximate surface area is 126 Å². The van der Waals surface area contributed by atoms with Gasteiger partial charge in [0, 0.05) is 12.0 Å². The fourth-order valence-electron chi connectivity index (χ4n) is 3.00. The number of hydrogen-bond acceptors (Lipinski definition) is 1. The minimum atomic E-state index is 0.0652. The number of aryl methyl sites for hydroxylation is 2. The molecular formula is C18H29OP. The van der Waals surface area contributed by atoms with Crippen molar-refractivity contribution in [3.63, 3.8) is 0 Å². The van der Waals surface area contributed by atoms with E-state index in [0.29, 0.717) is 18.1 Å². The monoisotopic (exact) mass is 292 g/mol. The summed E-state index contributed by atoms with van der Waals surface area (Å²) in [4.78, 5) is 12.7. The molecule has 0 saturated heterocycles. The number of carbonyl (C=O) groups is 1. The Morgan fingerprint density at radius 3 is 2.30 bits per heavy atom. The van der Waals surface area contributed by atoms with Gasteiger partial charge in [0.05, 0.1) is 0 Å². The van der Waals surface area contributed by atoms with Gasteiger partial charge in [0.15, 0.2) is 5.78 Å². The predicted octanol–water partition coefficient (Wildman–Crippen LogP) is 5.11. The normalized spacial score (nSPS) is 13.3. The molecule has 2 heteroatoms. The Kier molecular flexibility index (Phi) is 5.95. The highest BCUT2D eigenvalue weighted by molar-refractivity contribution is 7.16. The molecule has 0 bridgehead atoms. The summed E-state index contributed by atoms with van der Waals surface area (Å²) in [5, 5.41) is 0. The summed E-state index contributed by atoms with van der Waals surface area (Å²) >= 11 is 0. The lowest BCUT2D eigenvalue weighted by atomic mass is 9.78. The van der Waals surface area contributed by atoms with Gasteiger partial charge in [-0.3, -0.25) is 4.79 Å². The van der Waals surface area contributed by atoms with Gasteiger partial charge in [-0.1, -0.05) is 32.9 Å². The Bertz CT molecular complexity index is 488. The maximum atomic E-state index is 12.7. The first kappa shape index (κ1) is 17.4. The minimum absolute atomic E-state index is 0.0652. The van der Waals surface area contributed by atoms with Crippen LogP contribution in [0.25, 0.3) is 0 Å². The quantitative estimate of drug-likeness (QED) is 0.526. The molecule has 1 rings (SSSR count). The zero-order valence-electron chi connectivity index (χ0n) is 13.8. The molecule has 0 amide bonds. The smallest absolute Gasteiger partial charge is 0.163 e. The van der Waals surface area contributed by atoms with Gasteiger partial charge in [-0.25, -0.2) is 0 Å². The lowest BCUT2D eigenvalue weighted by Crippen LogP contribution is -2.22. The van der Waals surface area contributed by atoms with E-state index in [-0.39, 0.29) is 5.41 Å². The molecule has 0 aliphatic carbocycles. The average molecular weight is 292 g/mol. The zero-order valence-corrected chi connectivity index (χ0v) is 15.0. The zero-order chi connectivity index (χ0) is 15.5. The molecule has 2 atom stereocenters. The second kappa shape index (κ2) is 6.85. The molecular weight excluding hydrogens is 263 g/mol. The van der Waals surface area contributed by atoms with Crippen LogP contribution in [0.3, 0.4) is 0 Å². The van der Waals surface area contributed by atoms with Gasteiger partial charge in [0.2, 0.25) is 0 Å². The van der Waals surface area contributed by atoms with Crippen molar-refractivity contribution in [2.24, 2.45) is 11.3 Å². The molecule has 1 aromatic rings. The fourth-order valence-corrected chi connectivity index (χ4v) is 3.17. The van der Waals surface area contributed by atoms with Crippen LogP contribution >= 0.6 is 9.24 Å². The highest BCUT2D eigenvalue weighted by Gasteiger charge is 2.26. The molecule has 0 saturated carbocycles. The molecule has 0 radical (unpaired) electrons. The SMILES string of the molecule is Cc1ccc(C)c(C(=O)CC(C)(C)CC(C)CP)c1C. The van der Waals surface area contributed by atoms with Crippen molar-refractivity contribution < 1.29 is 4.79 Å². The molecule has 20 heavy (non-hydrogen) atoms. The van der Waals surface area contributed by atoms with E-state index in [0.717, 1.165) is 29.3 Å². The highest BCUT2D eigenvalue weighted by Crippen LogP contribution is 2.32. The summed E-state index contributed by atoms with van der Waals surface area (Å²) in [6.45, 7) is 12.9. The van der Waals surface area contributed by atoms with Gasteiger partial charge in [0.25, 0.3) is 0 Å². The van der Waals surface area contributed by atoms with Gasteiger partial charge in [-0.15, -0.1) is 9.24 Å². The third-order valence-electron chi connectivity index (χ3n) is 4.17. The van der Waals surface area contributed by atoms with Crippen molar-refractivity contribution in [2.45, 2.75) is 54.4 Å². The van der Waals surface area contributed by atoms with Crippen LogP contribution < -0.4 is 0 Å². The molecule has 0 fully saturated rings. The molecule has 0 heterocycles. The van der Waals surface area contributed by atoms with Crippen molar-refractivity contribution in [3.05, 3.63) is 34.4 Å². The maximum Gasteiger partial charge on any atom is 0.163 e. The van der Waals surface area contributed by atoms with Crippen LogP contribution in [0.15, 0.2) is 12.1 Å². The van der Waals surface area contributed by atoms with Crippen LogP contribution in [-0.2, 0) is 0 Å². The standard InChI is InChI=1S/C18H29OP/c1-12(11-20)9-18(5,6)10-16(19)17-14(3)8-7-13(2)15(17)4/h7-8,12H,9-11,20H2,1-6H3. The number of rotatable bonds is 6. The lowest BCUT2D eigenvalue weighted by molar-refractivity contribution is 0.0916. The summed E-state index contributed by atoms with van der Waals surface area (Å²) in [5.41, 5.74) is 4.46. The van der Waals surface area contributed by atoms with Gasteiger partial charge in [0.1, 0.15) is 0 Å². The average Bonchev–Trinajstić information content (AvgIpc) is 2.33. The van der Waals surface area contributed by atoms with Crippen molar-refractivity contribution in [1.29, 1.82) is 0 Å². The summed E-state index contributed by atoms with van der Waals surface area (Å²) in [6, 6.07) is 4.16. The number of ketones is 1. The van der Waals surface area contributed by atoms with E-state index in [9.17, 15) is 4.79 Å². The van der Waals surface area contributed by atoms with Crippen LogP contribution in [0.4, 0.5) is 0 Å².